The number of hydrogen-bond acceptors (Lipinski definition) is 6. The third-order valence-electron chi connectivity index (χ3n) is 4.10. The minimum Gasteiger partial charge on any atom is -0.493 e. The molecule has 10 heteroatoms. The van der Waals surface area contributed by atoms with Gasteiger partial charge in [-0.1, -0.05) is 29.3 Å². The van der Waals surface area contributed by atoms with Crippen LogP contribution in [-0.4, -0.2) is 37.8 Å². The number of unbranched alkanes of at least 4 members (excludes halogenated alkanes) is 1. The Hall–Kier alpha value is -2.85. The second kappa shape index (κ2) is 12.1. The number of methoxy groups -OCH3 is 2. The number of hydrogen-bond donors (Lipinski definition) is 3. The van der Waals surface area contributed by atoms with Gasteiger partial charge in [-0.3, -0.25) is 25.8 Å². The maximum Gasteiger partial charge on any atom is 0.269 e. The van der Waals surface area contributed by atoms with E-state index in [1.54, 1.807) is 30.3 Å². The average molecular weight is 510 g/mol. The van der Waals surface area contributed by atoms with E-state index < -0.39 is 11.8 Å². The molecule has 0 atom stereocenters. The molecule has 0 radical (unpaired) electrons. The van der Waals surface area contributed by atoms with Gasteiger partial charge in [0.2, 0.25) is 0 Å². The van der Waals surface area contributed by atoms with E-state index in [4.69, 9.17) is 26.4 Å². The van der Waals surface area contributed by atoms with E-state index in [0.717, 1.165) is 17.3 Å². The van der Waals surface area contributed by atoms with Crippen LogP contribution in [0.25, 0.3) is 0 Å². The SMILES string of the molecule is CCCCOc1ccc(Br)cc1C(=O)NC(=S)NNC(=O)c1ccc(OC)c(OC)c1. The van der Waals surface area contributed by atoms with Gasteiger partial charge < -0.3 is 14.2 Å². The first kappa shape index (κ1) is 24.4. The highest BCUT2D eigenvalue weighted by molar-refractivity contribution is 9.10. The lowest BCUT2D eigenvalue weighted by Gasteiger charge is -2.14. The van der Waals surface area contributed by atoms with E-state index in [1.807, 2.05) is 0 Å². The van der Waals surface area contributed by atoms with Gasteiger partial charge in [-0.2, -0.15) is 0 Å². The first-order chi connectivity index (χ1) is 14.9. The predicted octanol–water partition coefficient (Wildman–Crippen LogP) is 3.59. The Labute approximate surface area is 194 Å². The van der Waals surface area contributed by atoms with E-state index in [9.17, 15) is 9.59 Å². The van der Waals surface area contributed by atoms with Crippen molar-refractivity contribution in [3.63, 3.8) is 0 Å². The van der Waals surface area contributed by atoms with E-state index in [1.165, 1.54) is 20.3 Å². The third-order valence-corrected chi connectivity index (χ3v) is 4.80. The summed E-state index contributed by atoms with van der Waals surface area (Å²) in [5.74, 6) is 0.428. The Morgan fingerprint density at radius 2 is 1.68 bits per heavy atom. The fourth-order valence-corrected chi connectivity index (χ4v) is 3.00. The molecule has 166 valence electrons. The van der Waals surface area contributed by atoms with Crippen LogP contribution in [0.5, 0.6) is 17.2 Å². The number of thiocarbonyl (C=S) groups is 1. The molecule has 0 aromatic heterocycles. The Morgan fingerprint density at radius 1 is 0.968 bits per heavy atom. The molecule has 2 aromatic rings. The molecule has 31 heavy (non-hydrogen) atoms. The topological polar surface area (TPSA) is 97.9 Å². The van der Waals surface area contributed by atoms with Crippen molar-refractivity contribution in [2.75, 3.05) is 20.8 Å². The molecule has 0 spiro atoms. The molecule has 8 nitrogen and oxygen atoms in total. The lowest BCUT2D eigenvalue weighted by molar-refractivity contribution is 0.0933. The number of ether oxygens (including phenoxy) is 3. The van der Waals surface area contributed by atoms with E-state index >= 15 is 0 Å². The van der Waals surface area contributed by atoms with Gasteiger partial charge in [-0.05, 0) is 55.0 Å². The number of rotatable bonds is 8. The zero-order valence-corrected chi connectivity index (χ0v) is 19.8. The van der Waals surface area contributed by atoms with Gasteiger partial charge >= 0.3 is 0 Å². The molecular formula is C21H24BrN3O5S. The van der Waals surface area contributed by atoms with Gasteiger partial charge in [0, 0.05) is 10.0 Å². The zero-order chi connectivity index (χ0) is 22.8. The van der Waals surface area contributed by atoms with Gasteiger partial charge in [0.1, 0.15) is 5.75 Å². The molecule has 0 bridgehead atoms. The minimum absolute atomic E-state index is 0.0710. The molecule has 0 aliphatic carbocycles. The summed E-state index contributed by atoms with van der Waals surface area (Å²) in [6.45, 7) is 2.56. The summed E-state index contributed by atoms with van der Waals surface area (Å²) in [5.41, 5.74) is 5.58. The second-order valence-corrected chi connectivity index (χ2v) is 7.60. The molecule has 0 fully saturated rings. The molecule has 0 saturated carbocycles. The van der Waals surface area contributed by atoms with E-state index in [0.29, 0.717) is 35.0 Å². The van der Waals surface area contributed by atoms with Crippen molar-refractivity contribution in [1.82, 2.24) is 16.2 Å². The van der Waals surface area contributed by atoms with Gasteiger partial charge in [0.15, 0.2) is 16.6 Å². The lowest BCUT2D eigenvalue weighted by atomic mass is 10.2. The maximum atomic E-state index is 12.6. The quantitative estimate of drug-likeness (QED) is 0.284. The monoisotopic (exact) mass is 509 g/mol. The number of nitrogens with one attached hydrogen (secondary N) is 3. The van der Waals surface area contributed by atoms with Crippen LogP contribution in [0.1, 0.15) is 40.5 Å². The van der Waals surface area contributed by atoms with Crippen LogP contribution in [0.2, 0.25) is 0 Å². The van der Waals surface area contributed by atoms with Crippen LogP contribution in [0.4, 0.5) is 0 Å². The summed E-state index contributed by atoms with van der Waals surface area (Å²) in [5, 5.41) is 2.45. The van der Waals surface area contributed by atoms with E-state index in [-0.39, 0.29) is 5.11 Å². The van der Waals surface area contributed by atoms with Crippen molar-refractivity contribution in [2.24, 2.45) is 0 Å². The second-order valence-electron chi connectivity index (χ2n) is 6.27. The molecule has 0 unspecified atom stereocenters. The first-order valence-corrected chi connectivity index (χ1v) is 10.7. The average Bonchev–Trinajstić information content (AvgIpc) is 2.77. The van der Waals surface area contributed by atoms with Crippen LogP contribution < -0.4 is 30.4 Å². The summed E-state index contributed by atoms with van der Waals surface area (Å²) in [7, 11) is 2.98. The minimum atomic E-state index is -0.469. The predicted molar refractivity (Wildman–Crippen MR) is 125 cm³/mol. The van der Waals surface area contributed by atoms with Crippen molar-refractivity contribution < 1.29 is 23.8 Å². The number of carbonyl (C=O) groups excluding carboxylic acids is 2. The van der Waals surface area contributed by atoms with Crippen molar-refractivity contribution in [3.8, 4) is 17.2 Å². The Balaban J connectivity index is 1.98. The molecule has 0 aliphatic rings. The summed E-state index contributed by atoms with van der Waals surface area (Å²) in [4.78, 5) is 25.0. The summed E-state index contributed by atoms with van der Waals surface area (Å²) >= 11 is 8.46. The van der Waals surface area contributed by atoms with Crippen LogP contribution in [0.3, 0.4) is 0 Å². The highest BCUT2D eigenvalue weighted by Crippen LogP contribution is 2.27. The number of hydrazine groups is 1. The molecule has 0 heterocycles. The molecule has 3 N–H and O–H groups in total. The molecule has 0 aliphatic heterocycles. The van der Waals surface area contributed by atoms with Gasteiger partial charge in [0.05, 0.1) is 26.4 Å². The fraction of sp³-hybridized carbons (Fsp3) is 0.286. The van der Waals surface area contributed by atoms with E-state index in [2.05, 4.69) is 39.0 Å². The Morgan fingerprint density at radius 3 is 2.35 bits per heavy atom. The molecular weight excluding hydrogens is 486 g/mol. The highest BCUT2D eigenvalue weighted by Gasteiger charge is 2.16. The smallest absolute Gasteiger partial charge is 0.269 e. The van der Waals surface area contributed by atoms with Gasteiger partial charge in [0.25, 0.3) is 11.8 Å². The van der Waals surface area contributed by atoms with Crippen molar-refractivity contribution in [3.05, 3.63) is 52.0 Å². The van der Waals surface area contributed by atoms with Crippen LogP contribution in [0, 0.1) is 0 Å². The third kappa shape index (κ3) is 7.11. The van der Waals surface area contributed by atoms with Crippen molar-refractivity contribution in [2.45, 2.75) is 19.8 Å². The maximum absolute atomic E-state index is 12.6. The number of halogens is 1. The standard InChI is InChI=1S/C21H24BrN3O5S/c1-4-5-10-30-16-9-7-14(22)12-15(16)20(27)23-21(31)25-24-19(26)13-6-8-17(28-2)18(11-13)29-3/h6-9,11-12H,4-5,10H2,1-3H3,(H,24,26)(H2,23,25,27,31). The Bertz CT molecular complexity index is 955. The summed E-state index contributed by atoms with van der Waals surface area (Å²) in [6.07, 6.45) is 1.85. The number of amides is 2. The van der Waals surface area contributed by atoms with Crippen LogP contribution in [-0.2, 0) is 0 Å². The first-order valence-electron chi connectivity index (χ1n) is 9.45. The van der Waals surface area contributed by atoms with Crippen LogP contribution >= 0.6 is 28.1 Å². The largest absolute Gasteiger partial charge is 0.493 e. The summed E-state index contributed by atoms with van der Waals surface area (Å²) in [6, 6.07) is 9.85. The number of carbonyl (C=O) groups is 2. The summed E-state index contributed by atoms with van der Waals surface area (Å²) < 4.78 is 16.8. The normalized spacial score (nSPS) is 10.1. The van der Waals surface area contributed by atoms with Crippen molar-refractivity contribution >= 4 is 45.1 Å². The number of benzene rings is 2. The lowest BCUT2D eigenvalue weighted by Crippen LogP contribution is -2.48. The molecule has 2 aromatic carbocycles. The van der Waals surface area contributed by atoms with Gasteiger partial charge in [-0.15, -0.1) is 0 Å². The molecule has 0 saturated heterocycles. The molecule has 2 amide bonds. The van der Waals surface area contributed by atoms with Crippen molar-refractivity contribution in [1.29, 1.82) is 0 Å². The fourth-order valence-electron chi connectivity index (χ4n) is 2.50. The zero-order valence-electron chi connectivity index (χ0n) is 17.4. The highest BCUT2D eigenvalue weighted by atomic mass is 79.9. The van der Waals surface area contributed by atoms with Gasteiger partial charge in [-0.25, -0.2) is 0 Å². The molecule has 2 rings (SSSR count). The van der Waals surface area contributed by atoms with Crippen LogP contribution in [0.15, 0.2) is 40.9 Å². The Kier molecular flexibility index (Phi) is 9.54.